The predicted octanol–water partition coefficient (Wildman–Crippen LogP) is 1.80. The van der Waals surface area contributed by atoms with E-state index < -0.39 is 24.3 Å². The van der Waals surface area contributed by atoms with Crippen molar-refractivity contribution >= 4 is 29.4 Å². The van der Waals surface area contributed by atoms with E-state index in [2.05, 4.69) is 10.5 Å². The maximum Gasteiger partial charge on any atom is 0.344 e. The minimum absolute atomic E-state index is 0.0392. The van der Waals surface area contributed by atoms with Gasteiger partial charge >= 0.3 is 5.97 Å². The highest BCUT2D eigenvalue weighted by Gasteiger charge is 2.27. The number of halogens is 2. The Hall–Kier alpha value is -2.94. The summed E-state index contributed by atoms with van der Waals surface area (Å²) in [7, 11) is 3.08. The van der Waals surface area contributed by atoms with Gasteiger partial charge in [-0.05, 0) is 19.1 Å². The highest BCUT2D eigenvalue weighted by Crippen LogP contribution is 2.33. The maximum atomic E-state index is 14.1. The molecule has 2 amide bonds. The van der Waals surface area contributed by atoms with Gasteiger partial charge in [-0.3, -0.25) is 9.59 Å². The van der Waals surface area contributed by atoms with Crippen LogP contribution in [0.5, 0.6) is 0 Å². The molecular formula is C17H17ClFN3O5. The molecule has 1 heterocycles. The van der Waals surface area contributed by atoms with Crippen LogP contribution in [-0.4, -0.2) is 55.1 Å². The van der Waals surface area contributed by atoms with Gasteiger partial charge in [0.15, 0.2) is 6.61 Å². The van der Waals surface area contributed by atoms with Crippen molar-refractivity contribution in [2.45, 2.75) is 6.92 Å². The zero-order valence-corrected chi connectivity index (χ0v) is 15.6. The van der Waals surface area contributed by atoms with Gasteiger partial charge in [-0.15, -0.1) is 0 Å². The van der Waals surface area contributed by atoms with Crippen molar-refractivity contribution in [3.63, 3.8) is 0 Å². The summed E-state index contributed by atoms with van der Waals surface area (Å²) in [4.78, 5) is 36.8. The van der Waals surface area contributed by atoms with E-state index in [0.717, 1.165) is 6.07 Å². The molecule has 10 heteroatoms. The summed E-state index contributed by atoms with van der Waals surface area (Å²) in [5, 5.41) is 6.04. The standard InChI is InChI=1S/C17H17ClFN3O5/c1-9-14(16(21-27-9)15-10(18)5-4-6-11(15)19)17(25)26-8-12(23)20-7-13(24)22(2)3/h4-6H,7-8H2,1-3H3,(H,20,23). The fourth-order valence-electron chi connectivity index (χ4n) is 2.09. The average Bonchev–Trinajstić information content (AvgIpc) is 2.98. The lowest BCUT2D eigenvalue weighted by Gasteiger charge is -2.11. The van der Waals surface area contributed by atoms with E-state index in [0.29, 0.717) is 0 Å². The molecule has 2 rings (SSSR count). The van der Waals surface area contributed by atoms with Crippen molar-refractivity contribution in [2.24, 2.45) is 0 Å². The van der Waals surface area contributed by atoms with Crippen LogP contribution in [0, 0.1) is 12.7 Å². The molecule has 0 atom stereocenters. The number of esters is 1. The molecular weight excluding hydrogens is 381 g/mol. The van der Waals surface area contributed by atoms with Crippen molar-refractivity contribution < 1.29 is 28.0 Å². The van der Waals surface area contributed by atoms with E-state index in [9.17, 15) is 18.8 Å². The van der Waals surface area contributed by atoms with Gasteiger partial charge in [0, 0.05) is 14.1 Å². The second kappa shape index (κ2) is 8.63. The zero-order chi connectivity index (χ0) is 20.1. The van der Waals surface area contributed by atoms with Gasteiger partial charge in [0.05, 0.1) is 17.1 Å². The lowest BCUT2D eigenvalue weighted by molar-refractivity contribution is -0.131. The van der Waals surface area contributed by atoms with Crippen molar-refractivity contribution in [1.82, 2.24) is 15.4 Å². The molecule has 1 aromatic heterocycles. The topological polar surface area (TPSA) is 102 Å². The maximum absolute atomic E-state index is 14.1. The number of likely N-dealkylation sites (N-methyl/N-ethyl adjacent to an activating group) is 1. The summed E-state index contributed by atoms with van der Waals surface area (Å²) in [5.41, 5.74) is -0.369. The van der Waals surface area contributed by atoms with E-state index in [1.165, 1.54) is 24.0 Å². The van der Waals surface area contributed by atoms with Gasteiger partial charge in [-0.25, -0.2) is 9.18 Å². The van der Waals surface area contributed by atoms with Gasteiger partial charge in [-0.2, -0.15) is 0 Å². The van der Waals surface area contributed by atoms with E-state index in [1.807, 2.05) is 0 Å². The number of nitrogens with zero attached hydrogens (tertiary/aromatic N) is 2. The van der Waals surface area contributed by atoms with Crippen LogP contribution >= 0.6 is 11.6 Å². The number of ether oxygens (including phenoxy) is 1. The molecule has 27 heavy (non-hydrogen) atoms. The third-order valence-corrected chi connectivity index (χ3v) is 3.85. The van der Waals surface area contributed by atoms with Gasteiger partial charge in [0.25, 0.3) is 5.91 Å². The summed E-state index contributed by atoms with van der Waals surface area (Å²) < 4.78 is 24.0. The van der Waals surface area contributed by atoms with Crippen LogP contribution < -0.4 is 5.32 Å². The third-order valence-electron chi connectivity index (χ3n) is 3.54. The SMILES string of the molecule is Cc1onc(-c2c(F)cccc2Cl)c1C(=O)OCC(=O)NCC(=O)N(C)C. The number of carbonyl (C=O) groups is 3. The van der Waals surface area contributed by atoms with Crippen LogP contribution in [0.15, 0.2) is 22.7 Å². The predicted molar refractivity (Wildman–Crippen MR) is 93.6 cm³/mol. The Morgan fingerprint density at radius 3 is 2.67 bits per heavy atom. The fourth-order valence-corrected chi connectivity index (χ4v) is 2.35. The molecule has 8 nitrogen and oxygen atoms in total. The largest absolute Gasteiger partial charge is 0.452 e. The van der Waals surface area contributed by atoms with E-state index >= 15 is 0 Å². The summed E-state index contributed by atoms with van der Waals surface area (Å²) in [6, 6.07) is 4.01. The zero-order valence-electron chi connectivity index (χ0n) is 14.8. The van der Waals surface area contributed by atoms with Crippen molar-refractivity contribution in [2.75, 3.05) is 27.2 Å². The van der Waals surface area contributed by atoms with Crippen molar-refractivity contribution in [1.29, 1.82) is 0 Å². The quantitative estimate of drug-likeness (QED) is 0.746. The first kappa shape index (κ1) is 20.4. The second-order valence-corrected chi connectivity index (χ2v) is 6.11. The minimum atomic E-state index is -0.933. The van der Waals surface area contributed by atoms with Gasteiger partial charge in [0.1, 0.15) is 22.8 Å². The number of rotatable bonds is 6. The molecule has 144 valence electrons. The van der Waals surface area contributed by atoms with Crippen molar-refractivity contribution in [3.8, 4) is 11.3 Å². The molecule has 0 aliphatic rings. The lowest BCUT2D eigenvalue weighted by Crippen LogP contribution is -2.38. The van der Waals surface area contributed by atoms with E-state index in [4.69, 9.17) is 20.9 Å². The molecule has 2 aromatic rings. The number of aryl methyl sites for hydroxylation is 1. The number of nitrogens with one attached hydrogen (secondary N) is 1. The Morgan fingerprint density at radius 1 is 1.33 bits per heavy atom. The van der Waals surface area contributed by atoms with Crippen LogP contribution in [0.1, 0.15) is 16.1 Å². The molecule has 0 fully saturated rings. The summed E-state index contributed by atoms with van der Waals surface area (Å²) in [6.07, 6.45) is 0. The fraction of sp³-hybridized carbons (Fsp3) is 0.294. The number of hydrogen-bond acceptors (Lipinski definition) is 6. The van der Waals surface area contributed by atoms with E-state index in [-0.39, 0.29) is 40.1 Å². The molecule has 0 bridgehead atoms. The van der Waals surface area contributed by atoms with Crippen LogP contribution in [0.25, 0.3) is 11.3 Å². The van der Waals surface area contributed by atoms with Crippen LogP contribution in [0.4, 0.5) is 4.39 Å². The van der Waals surface area contributed by atoms with Gasteiger partial charge in [-0.1, -0.05) is 22.8 Å². The molecule has 0 spiro atoms. The molecule has 0 saturated heterocycles. The normalized spacial score (nSPS) is 10.4. The lowest BCUT2D eigenvalue weighted by atomic mass is 10.1. The molecule has 0 aliphatic carbocycles. The first-order valence-electron chi connectivity index (χ1n) is 7.77. The first-order chi connectivity index (χ1) is 12.7. The number of benzene rings is 1. The molecule has 1 N–H and O–H groups in total. The van der Waals surface area contributed by atoms with Gasteiger partial charge in [0.2, 0.25) is 5.91 Å². The van der Waals surface area contributed by atoms with Crippen LogP contribution in [0.3, 0.4) is 0 Å². The van der Waals surface area contributed by atoms with Crippen LogP contribution in [-0.2, 0) is 14.3 Å². The Kier molecular flexibility index (Phi) is 6.51. The van der Waals surface area contributed by atoms with Crippen LogP contribution in [0.2, 0.25) is 5.02 Å². The Bertz CT molecular complexity index is 861. The second-order valence-electron chi connectivity index (χ2n) is 5.70. The average molecular weight is 398 g/mol. The molecule has 0 saturated carbocycles. The Balaban J connectivity index is 2.11. The minimum Gasteiger partial charge on any atom is -0.452 e. The van der Waals surface area contributed by atoms with E-state index in [1.54, 1.807) is 14.1 Å². The highest BCUT2D eigenvalue weighted by atomic mass is 35.5. The summed E-state index contributed by atoms with van der Waals surface area (Å²) >= 11 is 6.00. The smallest absolute Gasteiger partial charge is 0.344 e. The summed E-state index contributed by atoms with van der Waals surface area (Å²) in [6.45, 7) is 0.581. The molecule has 0 aliphatic heterocycles. The number of carbonyl (C=O) groups excluding carboxylic acids is 3. The third kappa shape index (κ3) is 4.82. The Morgan fingerprint density at radius 2 is 2.04 bits per heavy atom. The first-order valence-corrected chi connectivity index (χ1v) is 8.14. The molecule has 0 unspecified atom stereocenters. The number of hydrogen-bond donors (Lipinski definition) is 1. The number of aromatic nitrogens is 1. The number of amides is 2. The van der Waals surface area contributed by atoms with Crippen molar-refractivity contribution in [3.05, 3.63) is 40.4 Å². The van der Waals surface area contributed by atoms with Gasteiger partial charge < -0.3 is 19.5 Å². The monoisotopic (exact) mass is 397 g/mol. The summed E-state index contributed by atoms with van der Waals surface area (Å²) in [5.74, 6) is -2.53. The Labute approximate surface area is 159 Å². The molecule has 0 radical (unpaired) electrons. The molecule has 1 aromatic carbocycles. The highest BCUT2D eigenvalue weighted by molar-refractivity contribution is 6.33.